The van der Waals surface area contributed by atoms with E-state index in [-0.39, 0.29) is 0 Å². The van der Waals surface area contributed by atoms with Crippen LogP contribution in [-0.4, -0.2) is 30.7 Å². The number of pyridine rings is 1. The Labute approximate surface area is 143 Å². The maximum atomic E-state index is 4.62. The van der Waals surface area contributed by atoms with Crippen molar-refractivity contribution in [2.75, 3.05) is 11.9 Å². The topological polar surface area (TPSA) is 67.7 Å². The molecular weight excluding hydrogens is 320 g/mol. The molecule has 0 atom stereocenters. The highest BCUT2D eigenvalue weighted by Crippen LogP contribution is 2.19. The lowest BCUT2D eigenvalue weighted by Gasteiger charge is -2.17. The van der Waals surface area contributed by atoms with Gasteiger partial charge < -0.3 is 4.90 Å². The number of hydrogen-bond donors (Lipinski definition) is 0. The van der Waals surface area contributed by atoms with Crippen molar-refractivity contribution in [3.05, 3.63) is 60.4 Å². The van der Waals surface area contributed by atoms with E-state index in [0.29, 0.717) is 12.5 Å². The van der Waals surface area contributed by atoms with Crippen LogP contribution in [0.2, 0.25) is 0 Å². The average molecular weight is 334 g/mol. The molecule has 3 heterocycles. The van der Waals surface area contributed by atoms with E-state index >= 15 is 0 Å². The number of rotatable bonds is 4. The van der Waals surface area contributed by atoms with E-state index in [1.807, 2.05) is 42.3 Å². The second-order valence-electron chi connectivity index (χ2n) is 5.40. The van der Waals surface area contributed by atoms with Gasteiger partial charge in [-0.05, 0) is 35.9 Å². The molecule has 4 rings (SSSR count). The van der Waals surface area contributed by atoms with E-state index in [9.17, 15) is 0 Å². The monoisotopic (exact) mass is 334 g/mol. The Bertz CT molecular complexity index is 969. The van der Waals surface area contributed by atoms with Crippen molar-refractivity contribution in [1.82, 2.24) is 23.7 Å². The molecule has 0 fully saturated rings. The van der Waals surface area contributed by atoms with Gasteiger partial charge >= 0.3 is 0 Å². The Hall–Kier alpha value is -2.93. The van der Waals surface area contributed by atoms with Crippen LogP contribution in [0.5, 0.6) is 0 Å². The number of aromatic nitrogens is 5. The minimum absolute atomic E-state index is 0.662. The maximum Gasteiger partial charge on any atom is 0.225 e. The van der Waals surface area contributed by atoms with Crippen LogP contribution in [0.3, 0.4) is 0 Å². The summed E-state index contributed by atoms with van der Waals surface area (Å²) >= 11 is 1.23. The molecule has 0 saturated heterocycles. The van der Waals surface area contributed by atoms with Crippen LogP contribution in [0.4, 0.5) is 5.95 Å². The third-order valence-electron chi connectivity index (χ3n) is 3.65. The van der Waals surface area contributed by atoms with Crippen LogP contribution in [-0.2, 0) is 6.54 Å². The lowest BCUT2D eigenvalue weighted by atomic mass is 10.2. The fraction of sp³-hybridized carbons (Fsp3) is 0.118. The normalized spacial score (nSPS) is 10.9. The van der Waals surface area contributed by atoms with E-state index in [2.05, 4.69) is 35.8 Å². The molecule has 0 radical (unpaired) electrons. The van der Waals surface area contributed by atoms with Gasteiger partial charge in [0.05, 0.1) is 23.1 Å². The summed E-state index contributed by atoms with van der Waals surface area (Å²) in [5, 5.41) is 0. The molecule has 0 saturated carbocycles. The van der Waals surface area contributed by atoms with Gasteiger partial charge in [-0.25, -0.2) is 9.97 Å². The van der Waals surface area contributed by atoms with Crippen LogP contribution in [0, 0.1) is 0 Å². The molecule has 1 aromatic carbocycles. The van der Waals surface area contributed by atoms with Crippen molar-refractivity contribution < 1.29 is 0 Å². The molecule has 0 aliphatic rings. The summed E-state index contributed by atoms with van der Waals surface area (Å²) in [5.41, 5.74) is 4.65. The van der Waals surface area contributed by atoms with Crippen LogP contribution in [0.25, 0.3) is 22.4 Å². The average Bonchev–Trinajstić information content (AvgIpc) is 3.10. The first kappa shape index (κ1) is 14.6. The Morgan fingerprint density at radius 2 is 1.83 bits per heavy atom. The maximum absolute atomic E-state index is 4.62. The van der Waals surface area contributed by atoms with Crippen molar-refractivity contribution in [3.63, 3.8) is 0 Å². The van der Waals surface area contributed by atoms with Crippen LogP contribution in [0.15, 0.2) is 54.9 Å². The van der Waals surface area contributed by atoms with Crippen molar-refractivity contribution in [3.8, 4) is 11.4 Å². The van der Waals surface area contributed by atoms with E-state index in [4.69, 9.17) is 0 Å². The van der Waals surface area contributed by atoms with Gasteiger partial charge in [-0.2, -0.15) is 8.75 Å². The molecule has 24 heavy (non-hydrogen) atoms. The number of fused-ring (bicyclic) bond motifs is 1. The van der Waals surface area contributed by atoms with Gasteiger partial charge in [0.25, 0.3) is 0 Å². The van der Waals surface area contributed by atoms with E-state index < -0.39 is 0 Å². The van der Waals surface area contributed by atoms with Crippen LogP contribution < -0.4 is 4.90 Å². The smallest absolute Gasteiger partial charge is 0.225 e. The second-order valence-corrected chi connectivity index (χ2v) is 5.93. The first-order chi connectivity index (χ1) is 11.8. The van der Waals surface area contributed by atoms with E-state index in [1.54, 1.807) is 12.4 Å². The van der Waals surface area contributed by atoms with Gasteiger partial charge in [-0.1, -0.05) is 12.1 Å². The molecule has 4 aromatic rings. The van der Waals surface area contributed by atoms with Gasteiger partial charge in [-0.15, -0.1) is 0 Å². The minimum Gasteiger partial charge on any atom is -0.340 e. The van der Waals surface area contributed by atoms with Gasteiger partial charge in [0.2, 0.25) is 5.95 Å². The largest absolute Gasteiger partial charge is 0.340 e. The first-order valence-electron chi connectivity index (χ1n) is 7.46. The number of benzene rings is 1. The van der Waals surface area contributed by atoms with Gasteiger partial charge in [0.1, 0.15) is 11.0 Å². The van der Waals surface area contributed by atoms with Crippen molar-refractivity contribution in [2.45, 2.75) is 6.54 Å². The van der Waals surface area contributed by atoms with Crippen molar-refractivity contribution in [1.29, 1.82) is 0 Å². The number of anilines is 1. The Balaban J connectivity index is 1.58. The first-order valence-corrected chi connectivity index (χ1v) is 8.19. The summed E-state index contributed by atoms with van der Waals surface area (Å²) in [6, 6.07) is 13.8. The molecule has 0 aliphatic heterocycles. The lowest BCUT2D eigenvalue weighted by molar-refractivity contribution is 0.868. The lowest BCUT2D eigenvalue weighted by Crippen LogP contribution is -2.19. The van der Waals surface area contributed by atoms with Gasteiger partial charge in [0, 0.05) is 26.0 Å². The molecule has 0 N–H and O–H groups in total. The van der Waals surface area contributed by atoms with Gasteiger partial charge in [-0.3, -0.25) is 4.98 Å². The molecule has 0 bridgehead atoms. The predicted molar refractivity (Wildman–Crippen MR) is 94.8 cm³/mol. The molecule has 0 spiro atoms. The zero-order chi connectivity index (χ0) is 16.4. The quantitative estimate of drug-likeness (QED) is 0.571. The SMILES string of the molecule is CN(Cc1ccc2nsnc2c1)c1nccc(-c2ccccn2)n1. The molecule has 0 unspecified atom stereocenters. The highest BCUT2D eigenvalue weighted by atomic mass is 32.1. The van der Waals surface area contributed by atoms with Crippen LogP contribution in [0.1, 0.15) is 5.56 Å². The third kappa shape index (κ3) is 2.93. The van der Waals surface area contributed by atoms with E-state index in [1.165, 1.54) is 11.7 Å². The second kappa shape index (κ2) is 6.29. The summed E-state index contributed by atoms with van der Waals surface area (Å²) in [6.45, 7) is 0.694. The molecule has 118 valence electrons. The molecule has 7 heteroatoms. The Morgan fingerprint density at radius 1 is 0.917 bits per heavy atom. The summed E-state index contributed by atoms with van der Waals surface area (Å²) in [6.07, 6.45) is 3.52. The van der Waals surface area contributed by atoms with Crippen molar-refractivity contribution in [2.24, 2.45) is 0 Å². The fourth-order valence-electron chi connectivity index (χ4n) is 2.46. The molecule has 0 aliphatic carbocycles. The van der Waals surface area contributed by atoms with Crippen molar-refractivity contribution >= 4 is 28.7 Å². The Morgan fingerprint density at radius 3 is 2.71 bits per heavy atom. The summed E-state index contributed by atoms with van der Waals surface area (Å²) in [7, 11) is 1.97. The highest BCUT2D eigenvalue weighted by molar-refractivity contribution is 7.00. The standard InChI is InChI=1S/C17H14N6S/c1-23(11-12-5-6-15-16(10-12)22-24-21-15)17-19-9-7-14(20-17)13-4-2-3-8-18-13/h2-10H,11H2,1H3. The fourth-order valence-corrected chi connectivity index (χ4v) is 2.98. The Kier molecular flexibility index (Phi) is 3.84. The highest BCUT2D eigenvalue weighted by Gasteiger charge is 2.09. The van der Waals surface area contributed by atoms with Crippen LogP contribution >= 0.6 is 11.7 Å². The molecule has 6 nitrogen and oxygen atoms in total. The molecule has 0 amide bonds. The third-order valence-corrected chi connectivity index (χ3v) is 4.21. The van der Waals surface area contributed by atoms with E-state index in [0.717, 1.165) is 28.0 Å². The zero-order valence-electron chi connectivity index (χ0n) is 13.0. The summed E-state index contributed by atoms with van der Waals surface area (Å²) in [4.78, 5) is 15.3. The number of nitrogens with zero attached hydrogens (tertiary/aromatic N) is 6. The zero-order valence-corrected chi connectivity index (χ0v) is 13.8. The summed E-state index contributed by atoms with van der Waals surface area (Å²) in [5.74, 6) is 0.662. The molecule has 3 aromatic heterocycles. The molecular formula is C17H14N6S. The van der Waals surface area contributed by atoms with Gasteiger partial charge in [0.15, 0.2) is 0 Å². The summed E-state index contributed by atoms with van der Waals surface area (Å²) < 4.78 is 8.51. The predicted octanol–water partition coefficient (Wildman–Crippen LogP) is 3.18. The minimum atomic E-state index is 0.662. The number of hydrogen-bond acceptors (Lipinski definition) is 7.